The second-order valence-electron chi connectivity index (χ2n) is 6.86. The van der Waals surface area contributed by atoms with Crippen LogP contribution in [0.3, 0.4) is 0 Å². The molecule has 0 aliphatic carbocycles. The number of hydrogen-bond acceptors (Lipinski definition) is 6. The minimum atomic E-state index is -0.506. The van der Waals surface area contributed by atoms with Gasteiger partial charge in [0.1, 0.15) is 17.5 Å². The van der Waals surface area contributed by atoms with Gasteiger partial charge in [-0.25, -0.2) is 0 Å². The minimum Gasteiger partial charge on any atom is -0.354 e. The van der Waals surface area contributed by atoms with Gasteiger partial charge in [-0.15, -0.1) is 22.0 Å². The molecule has 9 nitrogen and oxygen atoms in total. The summed E-state index contributed by atoms with van der Waals surface area (Å²) in [6, 6.07) is 3.03. The Bertz CT molecular complexity index is 816. The number of aromatic amines is 1. The van der Waals surface area contributed by atoms with Gasteiger partial charge >= 0.3 is 0 Å². The monoisotopic (exact) mass is 361 g/mol. The number of tetrazole rings is 1. The lowest BCUT2D eigenvalue weighted by molar-refractivity contribution is -0.151. The molecule has 2 fully saturated rings. The first-order valence-corrected chi connectivity index (χ1v) is 8.89. The molecular formula is C15H19N7O2S. The standard InChI is InChI=1S/C15H19N7O2S/c1-15(2)11(12-17-19-20-18-12)22-13(24)10(14(22)25-15)16-9(23)7-8-5-4-6-21(8)3/h4-6,10-11,14H,7H2,1-3H3,(H,16,23)(H,17,18,19,20)/t10?,11?,14-/m1/s1. The normalized spacial score (nSPS) is 27.1. The van der Waals surface area contributed by atoms with Gasteiger partial charge in [0.15, 0.2) is 5.82 Å². The highest BCUT2D eigenvalue weighted by atomic mass is 32.2. The second kappa shape index (κ2) is 5.58. The first kappa shape index (κ1) is 16.1. The number of amides is 2. The van der Waals surface area contributed by atoms with Crippen molar-refractivity contribution in [2.75, 3.05) is 0 Å². The molecule has 2 aromatic heterocycles. The van der Waals surface area contributed by atoms with Crippen molar-refractivity contribution in [2.24, 2.45) is 7.05 Å². The molecule has 2 saturated heterocycles. The Hall–Kier alpha value is -2.36. The Morgan fingerprint density at radius 3 is 2.92 bits per heavy atom. The fourth-order valence-electron chi connectivity index (χ4n) is 3.52. The lowest BCUT2D eigenvalue weighted by Gasteiger charge is -2.44. The minimum absolute atomic E-state index is 0.0990. The number of thioether (sulfide) groups is 1. The van der Waals surface area contributed by atoms with E-state index in [1.54, 1.807) is 16.7 Å². The molecule has 2 unspecified atom stereocenters. The van der Waals surface area contributed by atoms with Crippen molar-refractivity contribution in [3.8, 4) is 0 Å². The highest BCUT2D eigenvalue weighted by molar-refractivity contribution is 8.01. The SMILES string of the molecule is Cn1cccc1CC(=O)NC1C(=O)N2C(c3nn[nH]n3)C(C)(C)S[C@H]12. The molecule has 25 heavy (non-hydrogen) atoms. The van der Waals surface area contributed by atoms with Crippen LogP contribution in [0.25, 0.3) is 0 Å². The maximum Gasteiger partial charge on any atom is 0.249 e. The zero-order valence-corrected chi connectivity index (χ0v) is 14.9. The number of aromatic nitrogens is 5. The average Bonchev–Trinajstić information content (AvgIpc) is 3.25. The van der Waals surface area contributed by atoms with E-state index in [1.165, 1.54) is 0 Å². The third kappa shape index (κ3) is 2.51. The Balaban J connectivity index is 1.47. The molecule has 0 spiro atoms. The van der Waals surface area contributed by atoms with E-state index in [0.29, 0.717) is 5.82 Å². The number of H-pyrrole nitrogens is 1. The smallest absolute Gasteiger partial charge is 0.249 e. The molecule has 2 aliphatic rings. The van der Waals surface area contributed by atoms with E-state index in [9.17, 15) is 9.59 Å². The van der Waals surface area contributed by atoms with E-state index in [-0.39, 0.29) is 34.4 Å². The Kier molecular flexibility index (Phi) is 3.60. The first-order chi connectivity index (χ1) is 11.9. The number of β-lactam (4-membered cyclic amide) rings is 1. The van der Waals surface area contributed by atoms with Crippen molar-refractivity contribution in [1.29, 1.82) is 0 Å². The van der Waals surface area contributed by atoms with E-state index in [2.05, 4.69) is 25.9 Å². The van der Waals surface area contributed by atoms with Gasteiger partial charge in [-0.05, 0) is 26.0 Å². The zero-order valence-electron chi connectivity index (χ0n) is 14.1. The Morgan fingerprint density at radius 1 is 1.48 bits per heavy atom. The van der Waals surface area contributed by atoms with E-state index in [1.807, 2.05) is 43.8 Å². The summed E-state index contributed by atoms with van der Waals surface area (Å²) in [5.41, 5.74) is 0.908. The van der Waals surface area contributed by atoms with Gasteiger partial charge in [-0.1, -0.05) is 5.21 Å². The van der Waals surface area contributed by atoms with E-state index in [4.69, 9.17) is 0 Å². The van der Waals surface area contributed by atoms with Crippen LogP contribution in [0.4, 0.5) is 0 Å². The number of fused-ring (bicyclic) bond motifs is 1. The molecular weight excluding hydrogens is 342 g/mol. The largest absolute Gasteiger partial charge is 0.354 e. The van der Waals surface area contributed by atoms with Crippen LogP contribution in [0.2, 0.25) is 0 Å². The fourth-order valence-corrected chi connectivity index (χ4v) is 5.15. The quantitative estimate of drug-likeness (QED) is 0.742. The highest BCUT2D eigenvalue weighted by Crippen LogP contribution is 2.56. The van der Waals surface area contributed by atoms with Crippen molar-refractivity contribution in [1.82, 2.24) is 35.4 Å². The predicted molar refractivity (Wildman–Crippen MR) is 90.3 cm³/mol. The molecule has 0 aromatic carbocycles. The molecule has 4 rings (SSSR count). The Labute approximate surface area is 148 Å². The Morgan fingerprint density at radius 2 is 2.28 bits per heavy atom. The van der Waals surface area contributed by atoms with Crippen molar-refractivity contribution >= 4 is 23.6 Å². The van der Waals surface area contributed by atoms with E-state index in [0.717, 1.165) is 5.69 Å². The second-order valence-corrected chi connectivity index (χ2v) is 8.63. The average molecular weight is 361 g/mol. The zero-order chi connectivity index (χ0) is 17.8. The molecule has 4 heterocycles. The van der Waals surface area contributed by atoms with Crippen LogP contribution in [-0.4, -0.2) is 58.1 Å². The summed E-state index contributed by atoms with van der Waals surface area (Å²) in [6.45, 7) is 4.10. The number of nitrogens with one attached hydrogen (secondary N) is 2. The van der Waals surface area contributed by atoms with Crippen LogP contribution in [0, 0.1) is 0 Å². The summed E-state index contributed by atoms with van der Waals surface area (Å²) in [5, 5.41) is 16.9. The highest BCUT2D eigenvalue weighted by Gasteiger charge is 2.63. The van der Waals surface area contributed by atoms with Crippen LogP contribution < -0.4 is 5.32 Å². The number of rotatable bonds is 4. The van der Waals surface area contributed by atoms with Crippen LogP contribution in [0.5, 0.6) is 0 Å². The molecule has 0 radical (unpaired) electrons. The first-order valence-electron chi connectivity index (χ1n) is 8.01. The molecule has 3 atom stereocenters. The van der Waals surface area contributed by atoms with Gasteiger partial charge in [0.2, 0.25) is 11.8 Å². The van der Waals surface area contributed by atoms with Crippen molar-refractivity contribution < 1.29 is 9.59 Å². The number of hydrogen-bond donors (Lipinski definition) is 2. The van der Waals surface area contributed by atoms with Gasteiger partial charge in [-0.2, -0.15) is 5.21 Å². The molecule has 0 saturated carbocycles. The van der Waals surface area contributed by atoms with Crippen LogP contribution in [-0.2, 0) is 23.1 Å². The third-order valence-corrected chi connectivity index (χ3v) is 6.33. The number of carbonyl (C=O) groups excluding carboxylic acids is 2. The summed E-state index contributed by atoms with van der Waals surface area (Å²) in [5.74, 6) is 0.251. The molecule has 2 N–H and O–H groups in total. The van der Waals surface area contributed by atoms with Gasteiger partial charge in [0.05, 0.1) is 6.42 Å². The van der Waals surface area contributed by atoms with E-state index < -0.39 is 6.04 Å². The molecule has 2 amide bonds. The lowest BCUT2D eigenvalue weighted by Crippen LogP contribution is -2.68. The number of nitrogens with zero attached hydrogens (tertiary/aromatic N) is 5. The van der Waals surface area contributed by atoms with Gasteiger partial charge in [0.25, 0.3) is 0 Å². The van der Waals surface area contributed by atoms with Crippen molar-refractivity contribution in [3.63, 3.8) is 0 Å². The molecule has 132 valence electrons. The van der Waals surface area contributed by atoms with Crippen LogP contribution in [0.1, 0.15) is 31.4 Å². The van der Waals surface area contributed by atoms with Gasteiger partial charge < -0.3 is 14.8 Å². The maximum absolute atomic E-state index is 12.6. The molecule has 2 aliphatic heterocycles. The summed E-state index contributed by atoms with van der Waals surface area (Å²) in [7, 11) is 1.89. The van der Waals surface area contributed by atoms with Gasteiger partial charge in [-0.3, -0.25) is 9.59 Å². The molecule has 2 aromatic rings. The summed E-state index contributed by atoms with van der Waals surface area (Å²) >= 11 is 1.65. The third-order valence-electron chi connectivity index (χ3n) is 4.76. The summed E-state index contributed by atoms with van der Waals surface area (Å²) < 4.78 is 1.63. The maximum atomic E-state index is 12.6. The topological polar surface area (TPSA) is 109 Å². The summed E-state index contributed by atoms with van der Waals surface area (Å²) in [6.07, 6.45) is 2.14. The van der Waals surface area contributed by atoms with E-state index >= 15 is 0 Å². The van der Waals surface area contributed by atoms with Crippen LogP contribution >= 0.6 is 11.8 Å². The lowest BCUT2D eigenvalue weighted by atomic mass is 9.95. The molecule has 0 bridgehead atoms. The van der Waals surface area contributed by atoms with Gasteiger partial charge in [0, 0.05) is 23.7 Å². The predicted octanol–water partition coefficient (Wildman–Crippen LogP) is 0.000500. The van der Waals surface area contributed by atoms with Crippen molar-refractivity contribution in [2.45, 2.75) is 42.5 Å². The molecule has 10 heteroatoms. The van der Waals surface area contributed by atoms with Crippen molar-refractivity contribution in [3.05, 3.63) is 29.8 Å². The number of aryl methyl sites for hydroxylation is 1. The van der Waals surface area contributed by atoms with Crippen LogP contribution in [0.15, 0.2) is 18.3 Å². The summed E-state index contributed by atoms with van der Waals surface area (Å²) in [4.78, 5) is 26.7. The number of carbonyl (C=O) groups is 2. The fraction of sp³-hybridized carbons (Fsp3) is 0.533.